The Bertz CT molecular complexity index is 1430. The summed E-state index contributed by atoms with van der Waals surface area (Å²) in [5.74, 6) is 0. The quantitative estimate of drug-likeness (QED) is 0.260. The van der Waals surface area contributed by atoms with Crippen molar-refractivity contribution in [1.82, 2.24) is 0 Å². The molecule has 2 unspecified atom stereocenters. The van der Waals surface area contributed by atoms with Gasteiger partial charge in [-0.05, 0) is 0 Å². The summed E-state index contributed by atoms with van der Waals surface area (Å²) in [6.07, 6.45) is 7.55. The normalized spacial score (nSPS) is 18.8. The number of benzene rings is 4. The van der Waals surface area contributed by atoms with E-state index in [-0.39, 0.29) is 24.8 Å². The van der Waals surface area contributed by atoms with E-state index in [0.29, 0.717) is 0 Å². The largest absolute Gasteiger partial charge is 1.00 e. The van der Waals surface area contributed by atoms with Crippen LogP contribution in [0.5, 0.6) is 0 Å². The number of rotatable bonds is 6. The minimum atomic E-state index is -2.80. The van der Waals surface area contributed by atoms with Gasteiger partial charge in [0.15, 0.2) is 0 Å². The van der Waals surface area contributed by atoms with Crippen LogP contribution in [0.1, 0.15) is 56.3 Å². The molecular weight excluding hydrogens is 682 g/mol. The van der Waals surface area contributed by atoms with Crippen LogP contribution < -0.4 is 24.8 Å². The SMILES string of the molecule is CCC1=Cc2c(-c3ccccc3)cccc2[CH]1[Hf+2]1([CH]2C(CC)=Cc3c(-c4ccccc4)cccc32)[CH2][CH2]1.[Cl-].[Cl-]. The number of allylic oxidation sites excluding steroid dienone is 2. The third kappa shape index (κ3) is 4.55. The zero-order chi connectivity index (χ0) is 25.0. The van der Waals surface area contributed by atoms with Gasteiger partial charge in [0.05, 0.1) is 0 Å². The van der Waals surface area contributed by atoms with Crippen molar-refractivity contribution in [3.8, 4) is 22.3 Å². The number of hydrogen-bond donors (Lipinski definition) is 0. The molecule has 0 N–H and O–H groups in total. The molecule has 0 saturated carbocycles. The second-order valence-electron chi connectivity index (χ2n) is 11.1. The molecule has 4 aromatic carbocycles. The van der Waals surface area contributed by atoms with Gasteiger partial charge in [0.2, 0.25) is 0 Å². The summed E-state index contributed by atoms with van der Waals surface area (Å²) in [6, 6.07) is 36.3. The van der Waals surface area contributed by atoms with Crippen molar-refractivity contribution in [2.24, 2.45) is 0 Å². The van der Waals surface area contributed by atoms with Crippen molar-refractivity contribution in [1.29, 1.82) is 0 Å². The first kappa shape index (κ1) is 28.3. The van der Waals surface area contributed by atoms with Gasteiger partial charge in [-0.15, -0.1) is 0 Å². The first-order valence-corrected chi connectivity index (χ1v) is 23.3. The van der Waals surface area contributed by atoms with Gasteiger partial charge >= 0.3 is 227 Å². The van der Waals surface area contributed by atoms with Crippen LogP contribution in [0.25, 0.3) is 34.4 Å². The Morgan fingerprint density at radius 1 is 0.538 bits per heavy atom. The standard InChI is InChI=1S/2C17H15.C2H4.2ClH.Hf/c2*1-2-13-11-15-9-6-10-16(17(15)12-13)14-7-4-3-5-8-14;1-2;;;/h2*3-12H,2H2,1H3;1-2H2;2*1H;/q;;;;;+2/p-2. The summed E-state index contributed by atoms with van der Waals surface area (Å²) < 4.78 is 4.51. The van der Waals surface area contributed by atoms with Gasteiger partial charge in [0.1, 0.15) is 0 Å². The molecular formula is C36H34Cl2Hf. The van der Waals surface area contributed by atoms with Crippen molar-refractivity contribution >= 4 is 12.2 Å². The third-order valence-corrected chi connectivity index (χ3v) is 28.4. The molecule has 3 heteroatoms. The zero-order valence-corrected chi connectivity index (χ0v) is 27.7. The predicted octanol–water partition coefficient (Wildman–Crippen LogP) is 4.43. The molecule has 196 valence electrons. The molecule has 4 aromatic rings. The molecule has 1 heterocycles. The summed E-state index contributed by atoms with van der Waals surface area (Å²) in [4.78, 5) is 0. The van der Waals surface area contributed by atoms with Crippen LogP contribution in [0.15, 0.2) is 108 Å². The average molecular weight is 716 g/mol. The molecule has 0 radical (unpaired) electrons. The second-order valence-corrected chi connectivity index (χ2v) is 27.7. The molecule has 0 spiro atoms. The van der Waals surface area contributed by atoms with Crippen LogP contribution in [-0.2, 0) is 20.0 Å². The van der Waals surface area contributed by atoms with E-state index >= 15 is 0 Å². The van der Waals surface area contributed by atoms with Crippen molar-refractivity contribution in [2.75, 3.05) is 0 Å². The van der Waals surface area contributed by atoms with Gasteiger partial charge in [-0.3, -0.25) is 0 Å². The van der Waals surface area contributed by atoms with Crippen LogP contribution >= 0.6 is 0 Å². The molecule has 1 saturated heterocycles. The first-order valence-electron chi connectivity index (χ1n) is 14.0. The minimum absolute atomic E-state index is 0. The monoisotopic (exact) mass is 716 g/mol. The fraction of sp³-hybridized carbons (Fsp3) is 0.222. The Morgan fingerprint density at radius 2 is 0.949 bits per heavy atom. The van der Waals surface area contributed by atoms with Crippen LogP contribution in [0.3, 0.4) is 0 Å². The molecule has 2 aliphatic carbocycles. The number of fused-ring (bicyclic) bond motifs is 2. The molecule has 1 aliphatic heterocycles. The Morgan fingerprint density at radius 3 is 1.31 bits per heavy atom. The van der Waals surface area contributed by atoms with Gasteiger partial charge in [0, 0.05) is 0 Å². The maximum Gasteiger partial charge on any atom is -1.00 e. The van der Waals surface area contributed by atoms with Crippen LogP contribution in [0, 0.1) is 0 Å². The van der Waals surface area contributed by atoms with E-state index in [1.54, 1.807) is 22.3 Å². The molecule has 0 bridgehead atoms. The summed E-state index contributed by atoms with van der Waals surface area (Å²) >= 11 is -2.80. The van der Waals surface area contributed by atoms with E-state index in [9.17, 15) is 0 Å². The average Bonchev–Trinajstić information content (AvgIpc) is 3.49. The van der Waals surface area contributed by atoms with E-state index in [1.807, 2.05) is 0 Å². The minimum Gasteiger partial charge on any atom is -1.00 e. The van der Waals surface area contributed by atoms with Crippen LogP contribution in [0.2, 0.25) is 8.35 Å². The van der Waals surface area contributed by atoms with Gasteiger partial charge in [-0.1, -0.05) is 0 Å². The van der Waals surface area contributed by atoms with E-state index < -0.39 is 20.0 Å². The van der Waals surface area contributed by atoms with Gasteiger partial charge in [-0.2, -0.15) is 0 Å². The topological polar surface area (TPSA) is 0 Å². The molecule has 1 fully saturated rings. The van der Waals surface area contributed by atoms with E-state index in [1.165, 1.54) is 54.6 Å². The number of hydrogen-bond acceptors (Lipinski definition) is 0. The first-order chi connectivity index (χ1) is 18.2. The Labute approximate surface area is 250 Å². The van der Waals surface area contributed by atoms with Crippen molar-refractivity contribution in [3.63, 3.8) is 0 Å². The van der Waals surface area contributed by atoms with Crippen molar-refractivity contribution in [2.45, 2.75) is 42.4 Å². The third-order valence-electron chi connectivity index (χ3n) is 9.27. The van der Waals surface area contributed by atoms with Gasteiger partial charge < -0.3 is 24.8 Å². The molecule has 39 heavy (non-hydrogen) atoms. The summed E-state index contributed by atoms with van der Waals surface area (Å²) in [6.45, 7) is 4.78. The Hall–Kier alpha value is -2.19. The van der Waals surface area contributed by atoms with E-state index in [4.69, 9.17) is 0 Å². The molecule has 0 nitrogen and oxygen atoms in total. The van der Waals surface area contributed by atoms with Crippen molar-refractivity contribution < 1.29 is 44.8 Å². The van der Waals surface area contributed by atoms with Gasteiger partial charge in [0.25, 0.3) is 0 Å². The summed E-state index contributed by atoms with van der Waals surface area (Å²) in [5, 5.41) is 0. The molecule has 2 atom stereocenters. The molecule has 7 rings (SSSR count). The van der Waals surface area contributed by atoms with E-state index in [2.05, 4.69) is 123 Å². The van der Waals surface area contributed by atoms with Gasteiger partial charge in [-0.25, -0.2) is 0 Å². The predicted molar refractivity (Wildman–Crippen MR) is 155 cm³/mol. The van der Waals surface area contributed by atoms with E-state index in [0.717, 1.165) is 7.35 Å². The molecule has 0 amide bonds. The fourth-order valence-electron chi connectivity index (χ4n) is 7.53. The second kappa shape index (κ2) is 11.4. The summed E-state index contributed by atoms with van der Waals surface area (Å²) in [7, 11) is 0. The maximum absolute atomic E-state index is 2.80. The zero-order valence-electron chi connectivity index (χ0n) is 22.6. The Balaban J connectivity index is 0.00000154. The van der Waals surface area contributed by atoms with Crippen LogP contribution in [0.4, 0.5) is 0 Å². The van der Waals surface area contributed by atoms with Crippen molar-refractivity contribution in [3.05, 3.63) is 130 Å². The Kier molecular flexibility index (Phi) is 8.25. The fourth-order valence-corrected chi connectivity index (χ4v) is 36.0. The molecule has 0 aromatic heterocycles. The summed E-state index contributed by atoms with van der Waals surface area (Å²) in [5.41, 5.74) is 15.3. The number of halogens is 2. The van der Waals surface area contributed by atoms with Crippen LogP contribution in [-0.4, -0.2) is 0 Å². The molecule has 3 aliphatic rings. The maximum atomic E-state index is 2.61. The smallest absolute Gasteiger partial charge is 1.00 e.